The zero-order valence-corrected chi connectivity index (χ0v) is 19.6. The Morgan fingerprint density at radius 1 is 1.09 bits per heavy atom. The van der Waals surface area contributed by atoms with Crippen LogP contribution < -0.4 is 5.32 Å². The molecule has 3 aromatic rings. The van der Waals surface area contributed by atoms with Gasteiger partial charge in [0.15, 0.2) is 0 Å². The van der Waals surface area contributed by atoms with Gasteiger partial charge in [0.1, 0.15) is 5.75 Å². The molecule has 33 heavy (non-hydrogen) atoms. The smallest absolute Gasteiger partial charge is 0.256 e. The Morgan fingerprint density at radius 3 is 2.67 bits per heavy atom. The van der Waals surface area contributed by atoms with Crippen LogP contribution >= 0.6 is 23.2 Å². The van der Waals surface area contributed by atoms with Crippen molar-refractivity contribution in [1.82, 2.24) is 4.90 Å². The Labute approximate surface area is 203 Å². The summed E-state index contributed by atoms with van der Waals surface area (Å²) in [5.74, 6) is 0.286. The first-order valence-corrected chi connectivity index (χ1v) is 11.7. The van der Waals surface area contributed by atoms with Gasteiger partial charge in [0.25, 0.3) is 5.91 Å². The average Bonchev–Trinajstić information content (AvgIpc) is 3.31. The number of aromatic hydroxyl groups is 1. The molecule has 3 aromatic carbocycles. The molecule has 3 unspecified atom stereocenters. The predicted octanol–water partition coefficient (Wildman–Crippen LogP) is 6.80. The van der Waals surface area contributed by atoms with Gasteiger partial charge in [-0.3, -0.25) is 4.79 Å². The van der Waals surface area contributed by atoms with Crippen LogP contribution in [0.1, 0.15) is 45.4 Å². The Balaban J connectivity index is 1.54. The highest BCUT2D eigenvalue weighted by atomic mass is 35.5. The summed E-state index contributed by atoms with van der Waals surface area (Å²) in [6, 6.07) is 18.9. The van der Waals surface area contributed by atoms with Crippen LogP contribution in [0.4, 0.5) is 5.69 Å². The van der Waals surface area contributed by atoms with Gasteiger partial charge in [-0.2, -0.15) is 0 Å². The number of hydrogen-bond acceptors (Lipinski definition) is 3. The molecule has 0 aromatic heterocycles. The van der Waals surface area contributed by atoms with E-state index in [0.717, 1.165) is 23.2 Å². The second-order valence-corrected chi connectivity index (χ2v) is 9.56. The summed E-state index contributed by atoms with van der Waals surface area (Å²) in [7, 11) is 1.82. The first-order valence-electron chi connectivity index (χ1n) is 11.0. The van der Waals surface area contributed by atoms with E-state index in [2.05, 4.69) is 23.5 Å². The monoisotopic (exact) mass is 478 g/mol. The molecule has 0 bridgehead atoms. The third-order valence-electron chi connectivity index (χ3n) is 6.63. The first kappa shape index (κ1) is 21.9. The molecule has 0 spiro atoms. The molecule has 4 nitrogen and oxygen atoms in total. The minimum Gasteiger partial charge on any atom is -0.506 e. The number of nitrogens with zero attached hydrogens (tertiary/aromatic N) is 1. The van der Waals surface area contributed by atoms with E-state index in [-0.39, 0.29) is 34.6 Å². The second kappa shape index (κ2) is 8.77. The van der Waals surface area contributed by atoms with Crippen LogP contribution in [0.3, 0.4) is 0 Å². The van der Waals surface area contributed by atoms with Crippen LogP contribution in [-0.2, 0) is 6.54 Å². The fraction of sp³-hybridized carbons (Fsp3) is 0.222. The normalized spacial score (nSPS) is 20.6. The summed E-state index contributed by atoms with van der Waals surface area (Å²) in [6.07, 6.45) is 5.22. The van der Waals surface area contributed by atoms with E-state index in [1.807, 2.05) is 49.5 Å². The van der Waals surface area contributed by atoms with Crippen molar-refractivity contribution in [2.45, 2.75) is 24.9 Å². The van der Waals surface area contributed by atoms with Crippen LogP contribution in [0.5, 0.6) is 5.75 Å². The highest BCUT2D eigenvalue weighted by molar-refractivity contribution is 6.35. The number of fused-ring (bicyclic) bond motifs is 3. The van der Waals surface area contributed by atoms with Crippen molar-refractivity contribution >= 4 is 34.8 Å². The number of rotatable bonds is 4. The van der Waals surface area contributed by atoms with Crippen LogP contribution in [0.15, 0.2) is 72.8 Å². The van der Waals surface area contributed by atoms with Gasteiger partial charge in [0, 0.05) is 30.1 Å². The fourth-order valence-electron chi connectivity index (χ4n) is 5.07. The summed E-state index contributed by atoms with van der Waals surface area (Å²) in [4.78, 5) is 15.2. The largest absolute Gasteiger partial charge is 0.506 e. The van der Waals surface area contributed by atoms with Gasteiger partial charge >= 0.3 is 0 Å². The number of halogens is 2. The molecule has 3 atom stereocenters. The lowest BCUT2D eigenvalue weighted by Crippen LogP contribution is -2.32. The van der Waals surface area contributed by atoms with Gasteiger partial charge in [0.05, 0.1) is 22.3 Å². The number of anilines is 1. The van der Waals surface area contributed by atoms with Crippen LogP contribution in [-0.4, -0.2) is 23.0 Å². The van der Waals surface area contributed by atoms with Gasteiger partial charge in [-0.1, -0.05) is 77.8 Å². The first-order chi connectivity index (χ1) is 15.9. The molecule has 0 fully saturated rings. The summed E-state index contributed by atoms with van der Waals surface area (Å²) >= 11 is 12.5. The number of nitrogens with one attached hydrogen (secondary N) is 1. The Kier molecular flexibility index (Phi) is 5.81. The minimum atomic E-state index is -0.234. The highest BCUT2D eigenvalue weighted by Crippen LogP contribution is 2.53. The molecule has 1 aliphatic heterocycles. The Morgan fingerprint density at radius 2 is 1.88 bits per heavy atom. The van der Waals surface area contributed by atoms with Crippen molar-refractivity contribution in [2.75, 3.05) is 12.4 Å². The molecule has 2 aliphatic rings. The van der Waals surface area contributed by atoms with Gasteiger partial charge in [-0.15, -0.1) is 0 Å². The molecule has 0 saturated heterocycles. The molecular formula is C27H24Cl2N2O2. The van der Waals surface area contributed by atoms with Crippen molar-refractivity contribution in [1.29, 1.82) is 0 Å². The highest BCUT2D eigenvalue weighted by Gasteiger charge is 2.40. The number of hydrogen-bond donors (Lipinski definition) is 2. The minimum absolute atomic E-state index is 0.0256. The topological polar surface area (TPSA) is 52.6 Å². The quantitative estimate of drug-likeness (QED) is 0.405. The van der Waals surface area contributed by atoms with E-state index in [1.165, 1.54) is 6.07 Å². The molecule has 1 amide bonds. The summed E-state index contributed by atoms with van der Waals surface area (Å²) in [5, 5.41) is 15.0. The van der Waals surface area contributed by atoms with E-state index in [0.29, 0.717) is 22.7 Å². The van der Waals surface area contributed by atoms with Crippen LogP contribution in [0.2, 0.25) is 10.0 Å². The lowest BCUT2D eigenvalue weighted by atomic mass is 9.76. The molecule has 6 heteroatoms. The van der Waals surface area contributed by atoms with Gasteiger partial charge in [-0.05, 0) is 41.7 Å². The van der Waals surface area contributed by atoms with Crippen molar-refractivity contribution in [3.8, 4) is 5.75 Å². The number of para-hydroxylation sites is 1. The Hall–Kier alpha value is -2.95. The maximum atomic E-state index is 13.5. The molecule has 0 saturated carbocycles. The number of carbonyl (C=O) groups excluding carboxylic acids is 1. The maximum absolute atomic E-state index is 13.5. The molecule has 2 N–H and O–H groups in total. The maximum Gasteiger partial charge on any atom is 0.256 e. The van der Waals surface area contributed by atoms with Crippen LogP contribution in [0, 0.1) is 5.92 Å². The van der Waals surface area contributed by atoms with E-state index in [4.69, 9.17) is 23.2 Å². The van der Waals surface area contributed by atoms with E-state index >= 15 is 0 Å². The molecule has 168 valence electrons. The molecule has 0 radical (unpaired) electrons. The number of phenolic OH excluding ortho intramolecular Hbond substituents is 1. The number of phenols is 1. The molecule has 1 aliphatic carbocycles. The third kappa shape index (κ3) is 3.98. The predicted molar refractivity (Wildman–Crippen MR) is 133 cm³/mol. The van der Waals surface area contributed by atoms with E-state index < -0.39 is 0 Å². The molecule has 1 heterocycles. The summed E-state index contributed by atoms with van der Waals surface area (Å²) < 4.78 is 0. The third-order valence-corrected chi connectivity index (χ3v) is 7.14. The van der Waals surface area contributed by atoms with Crippen LogP contribution in [0.25, 0.3) is 0 Å². The molecule has 5 rings (SSSR count). The van der Waals surface area contributed by atoms with Crippen molar-refractivity contribution in [3.05, 3.63) is 105 Å². The van der Waals surface area contributed by atoms with Crippen molar-refractivity contribution in [3.63, 3.8) is 0 Å². The van der Waals surface area contributed by atoms with E-state index in [1.54, 1.807) is 11.0 Å². The summed E-state index contributed by atoms with van der Waals surface area (Å²) in [6.45, 7) is 0.517. The average molecular weight is 479 g/mol. The van der Waals surface area contributed by atoms with Gasteiger partial charge in [0.2, 0.25) is 0 Å². The van der Waals surface area contributed by atoms with Gasteiger partial charge in [-0.25, -0.2) is 0 Å². The number of benzene rings is 3. The van der Waals surface area contributed by atoms with Gasteiger partial charge < -0.3 is 15.3 Å². The second-order valence-electron chi connectivity index (χ2n) is 8.72. The number of carbonyl (C=O) groups is 1. The Bertz CT molecular complexity index is 1240. The molecular weight excluding hydrogens is 455 g/mol. The standard InChI is InChI=1S/C27H24Cl2N2O2/c1-31(15-16-7-3-2-4-8-16)27(33)21-12-6-11-19-18-9-5-10-20(18)25(30-24(19)21)22-13-17(28)14-23(29)26(22)32/h2-9,11-14,18,20,25,30,32H,10,15H2,1H3. The number of allylic oxidation sites excluding steroid dienone is 2. The summed E-state index contributed by atoms with van der Waals surface area (Å²) in [5.41, 5.74) is 4.23. The van der Waals surface area contributed by atoms with Crippen molar-refractivity contribution in [2.24, 2.45) is 5.92 Å². The zero-order valence-electron chi connectivity index (χ0n) is 18.1. The number of amides is 1. The van der Waals surface area contributed by atoms with Crippen molar-refractivity contribution < 1.29 is 9.90 Å². The lowest BCUT2D eigenvalue weighted by molar-refractivity contribution is 0.0785. The zero-order chi connectivity index (χ0) is 23.1. The lowest BCUT2D eigenvalue weighted by Gasteiger charge is -2.39. The SMILES string of the molecule is CN(Cc1ccccc1)C(=O)c1cccc2c1NC(c1cc(Cl)cc(Cl)c1O)C1CC=CC21. The van der Waals surface area contributed by atoms with E-state index in [9.17, 15) is 9.90 Å². The fourth-order valence-corrected chi connectivity index (χ4v) is 5.57.